The van der Waals surface area contributed by atoms with Crippen molar-refractivity contribution in [3.8, 4) is 11.3 Å². The van der Waals surface area contributed by atoms with Crippen molar-refractivity contribution in [1.82, 2.24) is 30.0 Å². The number of carbonyl (C=O) groups excluding carboxylic acids is 4. The first-order valence-corrected chi connectivity index (χ1v) is 15.4. The summed E-state index contributed by atoms with van der Waals surface area (Å²) in [6, 6.07) is 12.0. The molecule has 44 heavy (non-hydrogen) atoms. The van der Waals surface area contributed by atoms with E-state index in [4.69, 9.17) is 10.1 Å². The van der Waals surface area contributed by atoms with E-state index in [1.165, 1.54) is 12.8 Å². The summed E-state index contributed by atoms with van der Waals surface area (Å²) in [5, 5.41) is 10.5. The largest absolute Gasteiger partial charge is 0.385 e. The van der Waals surface area contributed by atoms with E-state index in [1.807, 2.05) is 30.5 Å². The molecule has 2 fully saturated rings. The van der Waals surface area contributed by atoms with Gasteiger partial charge in [-0.2, -0.15) is 5.10 Å². The number of piperidine rings is 1. The number of fused-ring (bicyclic) bond motifs is 2. The van der Waals surface area contributed by atoms with Gasteiger partial charge in [-0.05, 0) is 62.4 Å². The molecule has 3 aliphatic rings. The van der Waals surface area contributed by atoms with E-state index in [9.17, 15) is 19.2 Å². The maximum Gasteiger partial charge on any atom is 0.262 e. The second-order valence-electron chi connectivity index (χ2n) is 11.8. The summed E-state index contributed by atoms with van der Waals surface area (Å²) >= 11 is 0. The number of carbonyl (C=O) groups is 4. The second-order valence-corrected chi connectivity index (χ2v) is 11.8. The molecule has 4 aromatic rings. The fourth-order valence-electron chi connectivity index (χ4n) is 6.06. The molecule has 1 aliphatic carbocycles. The summed E-state index contributed by atoms with van der Waals surface area (Å²) in [6.45, 7) is 1.58. The lowest BCUT2D eigenvalue weighted by Gasteiger charge is -2.27. The average molecular weight is 592 g/mol. The fourth-order valence-corrected chi connectivity index (χ4v) is 6.06. The van der Waals surface area contributed by atoms with E-state index in [2.05, 4.69) is 26.5 Å². The van der Waals surface area contributed by atoms with E-state index in [-0.39, 0.29) is 29.9 Å². The number of imide groups is 2. The molecule has 2 aliphatic heterocycles. The van der Waals surface area contributed by atoms with Crippen molar-refractivity contribution in [2.45, 2.75) is 69.9 Å². The Labute approximate surface area is 254 Å². The SMILES string of the molecule is O=C1CCC(N2C(=O)c3ccc(NCCCCCCn4cc(-c5cnc6ccccc6n5)c(C5CC5)n4)cc3C2=O)C(=O)N1. The maximum absolute atomic E-state index is 13.0. The summed E-state index contributed by atoms with van der Waals surface area (Å²) in [7, 11) is 0. The minimum atomic E-state index is -0.961. The highest BCUT2D eigenvalue weighted by Crippen LogP contribution is 2.43. The van der Waals surface area contributed by atoms with Crippen LogP contribution in [0.15, 0.2) is 54.9 Å². The number of nitrogens with zero attached hydrogens (tertiary/aromatic N) is 5. The molecule has 2 N–H and O–H groups in total. The minimum absolute atomic E-state index is 0.0988. The Bertz CT molecular complexity index is 1790. The molecule has 1 atom stereocenters. The van der Waals surface area contributed by atoms with Crippen molar-refractivity contribution < 1.29 is 19.2 Å². The smallest absolute Gasteiger partial charge is 0.262 e. The number of rotatable bonds is 11. The Morgan fingerprint density at radius 3 is 2.48 bits per heavy atom. The summed E-state index contributed by atoms with van der Waals surface area (Å²) in [5.41, 5.74) is 6.20. The van der Waals surface area contributed by atoms with Crippen LogP contribution in [0.1, 0.15) is 83.7 Å². The quantitative estimate of drug-likeness (QED) is 0.193. The third-order valence-corrected chi connectivity index (χ3v) is 8.56. The lowest BCUT2D eigenvalue weighted by atomic mass is 10.0. The highest BCUT2D eigenvalue weighted by Gasteiger charge is 2.44. The molecule has 11 nitrogen and oxygen atoms in total. The predicted molar refractivity (Wildman–Crippen MR) is 163 cm³/mol. The van der Waals surface area contributed by atoms with Gasteiger partial charge in [0.05, 0.1) is 39.7 Å². The molecule has 0 bridgehead atoms. The van der Waals surface area contributed by atoms with Gasteiger partial charge in [-0.25, -0.2) is 4.98 Å². The standard InChI is InChI=1S/C33H33N7O4/c41-29-14-13-28(31(42)37-29)40-32(43)22-12-11-21(17-23(22)33(40)44)34-15-5-1-2-6-16-39-19-24(30(38-39)20-9-10-20)27-18-35-25-7-3-4-8-26(25)36-27/h3-4,7-8,11-12,17-20,28,34H,1-2,5-6,9-10,13-16H2,(H,37,41,42). The van der Waals surface area contributed by atoms with Crippen LogP contribution >= 0.6 is 0 Å². The maximum atomic E-state index is 13.0. The summed E-state index contributed by atoms with van der Waals surface area (Å²) in [6.07, 6.45) is 10.6. The molecule has 4 heterocycles. The van der Waals surface area contributed by atoms with Gasteiger partial charge in [0.1, 0.15) is 6.04 Å². The second kappa shape index (κ2) is 11.6. The first-order chi connectivity index (χ1) is 21.5. The molecule has 0 spiro atoms. The van der Waals surface area contributed by atoms with Crippen LogP contribution in [-0.4, -0.2) is 60.9 Å². The number of aryl methyl sites for hydroxylation is 1. The van der Waals surface area contributed by atoms with E-state index >= 15 is 0 Å². The molecule has 2 aromatic carbocycles. The summed E-state index contributed by atoms with van der Waals surface area (Å²) in [5.74, 6) is -1.48. The Hall–Kier alpha value is -4.93. The van der Waals surface area contributed by atoms with Crippen LogP contribution in [0.5, 0.6) is 0 Å². The molecule has 1 unspecified atom stereocenters. The minimum Gasteiger partial charge on any atom is -0.385 e. The molecule has 11 heteroatoms. The van der Waals surface area contributed by atoms with Crippen LogP contribution < -0.4 is 10.6 Å². The molecule has 2 aromatic heterocycles. The first-order valence-electron chi connectivity index (χ1n) is 15.4. The monoisotopic (exact) mass is 591 g/mol. The number of nitrogens with one attached hydrogen (secondary N) is 2. The van der Waals surface area contributed by atoms with Gasteiger partial charge in [0.2, 0.25) is 11.8 Å². The van der Waals surface area contributed by atoms with Crippen LogP contribution in [0.2, 0.25) is 0 Å². The fraction of sp³-hybridized carbons (Fsp3) is 0.364. The van der Waals surface area contributed by atoms with Gasteiger partial charge < -0.3 is 5.32 Å². The zero-order chi connectivity index (χ0) is 30.2. The number of benzene rings is 2. The summed E-state index contributed by atoms with van der Waals surface area (Å²) < 4.78 is 2.05. The van der Waals surface area contributed by atoms with Crippen LogP contribution in [0.3, 0.4) is 0 Å². The van der Waals surface area contributed by atoms with Crippen molar-refractivity contribution >= 4 is 40.3 Å². The number of hydrogen-bond donors (Lipinski definition) is 2. The summed E-state index contributed by atoms with van der Waals surface area (Å²) in [4.78, 5) is 60.1. The van der Waals surface area contributed by atoms with Gasteiger partial charge in [-0.3, -0.25) is 39.1 Å². The number of para-hydroxylation sites is 2. The van der Waals surface area contributed by atoms with Crippen LogP contribution in [0.4, 0.5) is 5.69 Å². The molecular weight excluding hydrogens is 558 g/mol. The predicted octanol–water partition coefficient (Wildman–Crippen LogP) is 4.44. The van der Waals surface area contributed by atoms with Crippen molar-refractivity contribution in [2.24, 2.45) is 0 Å². The van der Waals surface area contributed by atoms with Gasteiger partial charge in [0, 0.05) is 42.9 Å². The Kier molecular flexibility index (Phi) is 7.37. The molecule has 7 rings (SSSR count). The van der Waals surface area contributed by atoms with Crippen molar-refractivity contribution in [3.63, 3.8) is 0 Å². The number of aromatic nitrogens is 4. The molecule has 1 saturated heterocycles. The van der Waals surface area contributed by atoms with Crippen molar-refractivity contribution in [3.05, 3.63) is 71.7 Å². The topological polar surface area (TPSA) is 139 Å². The lowest BCUT2D eigenvalue weighted by molar-refractivity contribution is -0.136. The molecule has 0 radical (unpaired) electrons. The zero-order valence-corrected chi connectivity index (χ0v) is 24.3. The van der Waals surface area contributed by atoms with Gasteiger partial charge in [-0.1, -0.05) is 25.0 Å². The van der Waals surface area contributed by atoms with E-state index in [0.717, 1.165) is 77.3 Å². The van der Waals surface area contributed by atoms with Crippen molar-refractivity contribution in [2.75, 3.05) is 11.9 Å². The Morgan fingerprint density at radius 2 is 1.66 bits per heavy atom. The van der Waals surface area contributed by atoms with Crippen LogP contribution in [-0.2, 0) is 16.1 Å². The van der Waals surface area contributed by atoms with Gasteiger partial charge in [-0.15, -0.1) is 0 Å². The molecule has 224 valence electrons. The third kappa shape index (κ3) is 5.45. The third-order valence-electron chi connectivity index (χ3n) is 8.56. The Balaban J connectivity index is 0.892. The zero-order valence-electron chi connectivity index (χ0n) is 24.3. The first kappa shape index (κ1) is 27.9. The molecular formula is C33H33N7O4. The van der Waals surface area contributed by atoms with Gasteiger partial charge in [0.15, 0.2) is 0 Å². The van der Waals surface area contributed by atoms with E-state index in [1.54, 1.807) is 18.2 Å². The van der Waals surface area contributed by atoms with Gasteiger partial charge >= 0.3 is 0 Å². The molecule has 4 amide bonds. The molecule has 1 saturated carbocycles. The highest BCUT2D eigenvalue weighted by atomic mass is 16.2. The average Bonchev–Trinajstić information content (AvgIpc) is 3.74. The highest BCUT2D eigenvalue weighted by molar-refractivity contribution is 6.23. The van der Waals surface area contributed by atoms with Crippen LogP contribution in [0, 0.1) is 0 Å². The number of anilines is 1. The lowest BCUT2D eigenvalue weighted by Crippen LogP contribution is -2.54. The van der Waals surface area contributed by atoms with E-state index < -0.39 is 23.8 Å². The Morgan fingerprint density at radius 1 is 0.864 bits per heavy atom. The number of unbranched alkanes of at least 4 members (excludes halogenated alkanes) is 3. The van der Waals surface area contributed by atoms with Crippen LogP contribution in [0.25, 0.3) is 22.3 Å². The van der Waals surface area contributed by atoms with Gasteiger partial charge in [0.25, 0.3) is 11.8 Å². The van der Waals surface area contributed by atoms with Crippen molar-refractivity contribution in [1.29, 1.82) is 0 Å². The van der Waals surface area contributed by atoms with E-state index in [0.29, 0.717) is 5.92 Å². The number of hydrogen-bond acceptors (Lipinski definition) is 8. The normalized spacial score (nSPS) is 18.2. The number of amides is 4.